The smallest absolute Gasteiger partial charge is 0.319 e. The third-order valence-corrected chi connectivity index (χ3v) is 6.07. The van der Waals surface area contributed by atoms with E-state index in [1.807, 2.05) is 43.5 Å². The number of urea groups is 1. The van der Waals surface area contributed by atoms with Crippen molar-refractivity contribution in [1.82, 2.24) is 10.3 Å². The molecule has 0 unspecified atom stereocenters. The SMILES string of the molecule is Cc1ccc(NC(=O)NCc2sc(-c3cccs3)nc2C)cc1Cl. The zero-order chi connectivity index (χ0) is 17.1. The van der Waals surface area contributed by atoms with Gasteiger partial charge in [0, 0.05) is 15.6 Å². The molecule has 24 heavy (non-hydrogen) atoms. The average Bonchev–Trinajstić information content (AvgIpc) is 3.18. The molecule has 0 saturated carbocycles. The van der Waals surface area contributed by atoms with E-state index in [9.17, 15) is 4.79 Å². The Labute approximate surface area is 153 Å². The summed E-state index contributed by atoms with van der Waals surface area (Å²) in [5.41, 5.74) is 2.59. The molecule has 1 aromatic carbocycles. The fourth-order valence-electron chi connectivity index (χ4n) is 2.10. The first kappa shape index (κ1) is 17.0. The van der Waals surface area contributed by atoms with E-state index in [1.165, 1.54) is 0 Å². The molecule has 2 amide bonds. The number of anilines is 1. The second-order valence-corrected chi connectivity index (χ2v) is 7.72. The molecule has 4 nitrogen and oxygen atoms in total. The molecule has 0 saturated heterocycles. The number of halogens is 1. The predicted octanol–water partition coefficient (Wildman–Crippen LogP) is 5.46. The lowest BCUT2D eigenvalue weighted by Gasteiger charge is -2.08. The van der Waals surface area contributed by atoms with Crippen molar-refractivity contribution < 1.29 is 4.79 Å². The van der Waals surface area contributed by atoms with Crippen LogP contribution in [0.1, 0.15) is 16.1 Å². The molecule has 3 aromatic rings. The summed E-state index contributed by atoms with van der Waals surface area (Å²) in [6.07, 6.45) is 0. The van der Waals surface area contributed by atoms with Gasteiger partial charge in [-0.05, 0) is 43.0 Å². The van der Waals surface area contributed by atoms with Crippen LogP contribution < -0.4 is 10.6 Å². The molecule has 0 fully saturated rings. The van der Waals surface area contributed by atoms with Crippen molar-refractivity contribution in [1.29, 1.82) is 0 Å². The number of rotatable bonds is 4. The van der Waals surface area contributed by atoms with Crippen LogP contribution in [-0.4, -0.2) is 11.0 Å². The standard InChI is InChI=1S/C17H16ClN3OS2/c1-10-5-6-12(8-13(10)18)21-17(22)19-9-15-11(2)20-16(24-15)14-4-3-7-23-14/h3-8H,9H2,1-2H3,(H2,19,21,22). The van der Waals surface area contributed by atoms with Crippen molar-refractivity contribution in [2.24, 2.45) is 0 Å². The Morgan fingerprint density at radius 1 is 1.29 bits per heavy atom. The molecule has 124 valence electrons. The number of benzene rings is 1. The van der Waals surface area contributed by atoms with Crippen molar-refractivity contribution >= 4 is 46.0 Å². The summed E-state index contributed by atoms with van der Waals surface area (Å²) in [6.45, 7) is 4.33. The predicted molar refractivity (Wildman–Crippen MR) is 102 cm³/mol. The minimum atomic E-state index is -0.264. The van der Waals surface area contributed by atoms with Gasteiger partial charge in [0.1, 0.15) is 5.01 Å². The first-order valence-electron chi connectivity index (χ1n) is 7.34. The minimum Gasteiger partial charge on any atom is -0.333 e. The van der Waals surface area contributed by atoms with Crippen molar-refractivity contribution in [3.63, 3.8) is 0 Å². The van der Waals surface area contributed by atoms with Gasteiger partial charge < -0.3 is 10.6 Å². The van der Waals surface area contributed by atoms with Gasteiger partial charge in [0.05, 0.1) is 17.1 Å². The van der Waals surface area contributed by atoms with Crippen LogP contribution in [0.15, 0.2) is 35.7 Å². The molecular weight excluding hydrogens is 362 g/mol. The summed E-state index contributed by atoms with van der Waals surface area (Å²) in [7, 11) is 0. The summed E-state index contributed by atoms with van der Waals surface area (Å²) < 4.78 is 0. The van der Waals surface area contributed by atoms with Crippen LogP contribution in [0.25, 0.3) is 9.88 Å². The van der Waals surface area contributed by atoms with Crippen LogP contribution in [0.2, 0.25) is 5.02 Å². The lowest BCUT2D eigenvalue weighted by molar-refractivity contribution is 0.252. The molecule has 0 atom stereocenters. The number of aryl methyl sites for hydroxylation is 2. The molecule has 0 aliphatic heterocycles. The highest BCUT2D eigenvalue weighted by Gasteiger charge is 2.11. The Kier molecular flexibility index (Phi) is 5.18. The molecule has 2 aromatic heterocycles. The van der Waals surface area contributed by atoms with E-state index in [2.05, 4.69) is 15.6 Å². The van der Waals surface area contributed by atoms with Gasteiger partial charge in [-0.15, -0.1) is 22.7 Å². The Balaban J connectivity index is 1.61. The van der Waals surface area contributed by atoms with Crippen LogP contribution in [0.4, 0.5) is 10.5 Å². The zero-order valence-corrected chi connectivity index (χ0v) is 15.6. The lowest BCUT2D eigenvalue weighted by atomic mass is 10.2. The van der Waals surface area contributed by atoms with E-state index in [0.717, 1.165) is 26.0 Å². The number of nitrogens with zero attached hydrogens (tertiary/aromatic N) is 1. The highest BCUT2D eigenvalue weighted by Crippen LogP contribution is 2.31. The number of aromatic nitrogens is 1. The molecule has 0 spiro atoms. The van der Waals surface area contributed by atoms with Gasteiger partial charge in [0.15, 0.2) is 0 Å². The number of hydrogen-bond donors (Lipinski definition) is 2. The maximum Gasteiger partial charge on any atom is 0.319 e. The van der Waals surface area contributed by atoms with E-state index in [0.29, 0.717) is 17.3 Å². The molecule has 2 N–H and O–H groups in total. The lowest BCUT2D eigenvalue weighted by Crippen LogP contribution is -2.28. The van der Waals surface area contributed by atoms with E-state index >= 15 is 0 Å². The van der Waals surface area contributed by atoms with Crippen LogP contribution in [0.3, 0.4) is 0 Å². The van der Waals surface area contributed by atoms with E-state index in [-0.39, 0.29) is 6.03 Å². The maximum atomic E-state index is 12.0. The zero-order valence-electron chi connectivity index (χ0n) is 13.2. The highest BCUT2D eigenvalue weighted by atomic mass is 35.5. The molecule has 0 bridgehead atoms. The Morgan fingerprint density at radius 2 is 2.12 bits per heavy atom. The van der Waals surface area contributed by atoms with Crippen molar-refractivity contribution in [3.8, 4) is 9.88 Å². The molecular formula is C17H16ClN3OS2. The average molecular weight is 378 g/mol. The Bertz CT molecular complexity index is 859. The maximum absolute atomic E-state index is 12.0. The van der Waals surface area contributed by atoms with Crippen molar-refractivity contribution in [3.05, 3.63) is 56.9 Å². The molecule has 7 heteroatoms. The highest BCUT2D eigenvalue weighted by molar-refractivity contribution is 7.21. The monoisotopic (exact) mass is 377 g/mol. The molecule has 3 rings (SSSR count). The van der Waals surface area contributed by atoms with Crippen molar-refractivity contribution in [2.45, 2.75) is 20.4 Å². The normalized spacial score (nSPS) is 10.6. The van der Waals surface area contributed by atoms with Gasteiger partial charge in [-0.25, -0.2) is 9.78 Å². The first-order chi connectivity index (χ1) is 11.5. The number of nitrogens with one attached hydrogen (secondary N) is 2. The fourth-order valence-corrected chi connectivity index (χ4v) is 4.08. The Hall–Kier alpha value is -1.89. The van der Waals surface area contributed by atoms with Crippen LogP contribution in [0, 0.1) is 13.8 Å². The van der Waals surface area contributed by atoms with E-state index in [1.54, 1.807) is 28.7 Å². The summed E-state index contributed by atoms with van der Waals surface area (Å²) in [6, 6.07) is 9.23. The fraction of sp³-hybridized carbons (Fsp3) is 0.176. The summed E-state index contributed by atoms with van der Waals surface area (Å²) in [5.74, 6) is 0. The van der Waals surface area contributed by atoms with Gasteiger partial charge in [-0.3, -0.25) is 0 Å². The quantitative estimate of drug-likeness (QED) is 0.633. The van der Waals surface area contributed by atoms with Gasteiger partial charge in [0.25, 0.3) is 0 Å². The third-order valence-electron chi connectivity index (χ3n) is 3.46. The first-order valence-corrected chi connectivity index (χ1v) is 9.41. The summed E-state index contributed by atoms with van der Waals surface area (Å²) in [4.78, 5) is 18.8. The van der Waals surface area contributed by atoms with Gasteiger partial charge >= 0.3 is 6.03 Å². The number of carbonyl (C=O) groups excluding carboxylic acids is 1. The summed E-state index contributed by atoms with van der Waals surface area (Å²) >= 11 is 9.33. The third kappa shape index (κ3) is 3.95. The molecule has 0 aliphatic rings. The van der Waals surface area contributed by atoms with Gasteiger partial charge in [-0.2, -0.15) is 0 Å². The van der Waals surface area contributed by atoms with E-state index in [4.69, 9.17) is 11.6 Å². The molecule has 0 aliphatic carbocycles. The number of amides is 2. The minimum absolute atomic E-state index is 0.264. The second-order valence-electron chi connectivity index (χ2n) is 5.28. The molecule has 2 heterocycles. The number of thiazole rings is 1. The number of carbonyl (C=O) groups is 1. The van der Waals surface area contributed by atoms with Gasteiger partial charge in [0.2, 0.25) is 0 Å². The van der Waals surface area contributed by atoms with Crippen LogP contribution in [-0.2, 0) is 6.54 Å². The second kappa shape index (κ2) is 7.34. The van der Waals surface area contributed by atoms with Crippen LogP contribution >= 0.6 is 34.3 Å². The Morgan fingerprint density at radius 3 is 2.83 bits per heavy atom. The largest absolute Gasteiger partial charge is 0.333 e. The van der Waals surface area contributed by atoms with Crippen LogP contribution in [0.5, 0.6) is 0 Å². The number of thiophene rings is 1. The topological polar surface area (TPSA) is 54.0 Å². The number of hydrogen-bond acceptors (Lipinski definition) is 4. The van der Waals surface area contributed by atoms with E-state index < -0.39 is 0 Å². The molecule has 0 radical (unpaired) electrons. The van der Waals surface area contributed by atoms with Crippen molar-refractivity contribution in [2.75, 3.05) is 5.32 Å². The summed E-state index contributed by atoms with van der Waals surface area (Å²) in [5, 5.41) is 9.30. The van der Waals surface area contributed by atoms with Gasteiger partial charge in [-0.1, -0.05) is 23.7 Å².